The molecule has 0 bridgehead atoms. The van der Waals surface area contributed by atoms with Gasteiger partial charge in [-0.1, -0.05) is 19.9 Å². The first-order valence-corrected chi connectivity index (χ1v) is 8.76. The Labute approximate surface area is 127 Å². The molecule has 2 heterocycles. The lowest BCUT2D eigenvalue weighted by Gasteiger charge is -2.33. The number of rotatable bonds is 5. The molecule has 1 saturated heterocycles. The van der Waals surface area contributed by atoms with E-state index in [0.717, 1.165) is 37.0 Å². The number of nitrogens with two attached hydrogens (primary N) is 1. The van der Waals surface area contributed by atoms with Crippen LogP contribution in [-0.2, 0) is 6.42 Å². The van der Waals surface area contributed by atoms with Crippen molar-refractivity contribution < 1.29 is 0 Å². The van der Waals surface area contributed by atoms with Crippen LogP contribution < -0.4 is 10.6 Å². The van der Waals surface area contributed by atoms with Crippen LogP contribution in [0.3, 0.4) is 0 Å². The van der Waals surface area contributed by atoms with Gasteiger partial charge in [-0.2, -0.15) is 11.8 Å². The Morgan fingerprint density at radius 1 is 1.50 bits per heavy atom. The first-order chi connectivity index (χ1) is 9.63. The molecule has 1 aromatic heterocycles. The van der Waals surface area contributed by atoms with Gasteiger partial charge in [0.05, 0.1) is 0 Å². The molecule has 112 valence electrons. The molecule has 0 radical (unpaired) electrons. The third-order valence-electron chi connectivity index (χ3n) is 4.02. The van der Waals surface area contributed by atoms with Crippen LogP contribution in [0.1, 0.15) is 37.8 Å². The van der Waals surface area contributed by atoms with Crippen LogP contribution in [0.25, 0.3) is 0 Å². The molecule has 20 heavy (non-hydrogen) atoms. The standard InChI is InChI=1S/C16H27N3S/c1-4-14(17)9-13-8-12(3)16(18-10-13)19-6-7-20-15(5-2)11-19/h8,10,14-15H,4-7,9,11,17H2,1-3H3. The maximum atomic E-state index is 6.03. The van der Waals surface area contributed by atoms with E-state index in [1.807, 2.05) is 6.20 Å². The highest BCUT2D eigenvalue weighted by atomic mass is 32.2. The molecule has 1 aromatic rings. The molecule has 0 aromatic carbocycles. The van der Waals surface area contributed by atoms with Crippen LogP contribution in [0.5, 0.6) is 0 Å². The second kappa shape index (κ2) is 7.32. The molecule has 4 heteroatoms. The largest absolute Gasteiger partial charge is 0.354 e. The summed E-state index contributed by atoms with van der Waals surface area (Å²) in [4.78, 5) is 7.17. The van der Waals surface area contributed by atoms with E-state index >= 15 is 0 Å². The van der Waals surface area contributed by atoms with Crippen LogP contribution in [0.4, 0.5) is 5.82 Å². The molecule has 2 unspecified atom stereocenters. The molecule has 2 N–H and O–H groups in total. The Hall–Kier alpha value is -0.740. The Morgan fingerprint density at radius 3 is 2.95 bits per heavy atom. The first-order valence-electron chi connectivity index (χ1n) is 7.71. The predicted molar refractivity (Wildman–Crippen MR) is 89.7 cm³/mol. The molecule has 3 nitrogen and oxygen atoms in total. The summed E-state index contributed by atoms with van der Waals surface area (Å²) in [5.41, 5.74) is 8.58. The smallest absolute Gasteiger partial charge is 0.131 e. The van der Waals surface area contributed by atoms with Crippen LogP contribution in [-0.4, -0.2) is 35.1 Å². The van der Waals surface area contributed by atoms with Gasteiger partial charge in [-0.3, -0.25) is 0 Å². The Balaban J connectivity index is 2.09. The number of anilines is 1. The second-order valence-electron chi connectivity index (χ2n) is 5.70. The van der Waals surface area contributed by atoms with Crippen molar-refractivity contribution in [3.8, 4) is 0 Å². The zero-order valence-electron chi connectivity index (χ0n) is 12.9. The average molecular weight is 293 g/mol. The van der Waals surface area contributed by atoms with E-state index < -0.39 is 0 Å². The van der Waals surface area contributed by atoms with Crippen molar-refractivity contribution in [2.75, 3.05) is 23.7 Å². The van der Waals surface area contributed by atoms with Gasteiger partial charge in [0, 0.05) is 36.3 Å². The number of thioether (sulfide) groups is 1. The van der Waals surface area contributed by atoms with Gasteiger partial charge in [0.2, 0.25) is 0 Å². The molecule has 2 atom stereocenters. The van der Waals surface area contributed by atoms with E-state index in [0.29, 0.717) is 0 Å². The summed E-state index contributed by atoms with van der Waals surface area (Å²) in [6, 6.07) is 2.51. The van der Waals surface area contributed by atoms with Gasteiger partial charge in [0.25, 0.3) is 0 Å². The number of hydrogen-bond acceptors (Lipinski definition) is 4. The normalized spacial score (nSPS) is 21.0. The lowest BCUT2D eigenvalue weighted by Crippen LogP contribution is -2.38. The van der Waals surface area contributed by atoms with E-state index in [2.05, 4.69) is 43.5 Å². The Morgan fingerprint density at radius 2 is 2.30 bits per heavy atom. The molecule has 0 spiro atoms. The van der Waals surface area contributed by atoms with Crippen LogP contribution in [0.2, 0.25) is 0 Å². The maximum Gasteiger partial charge on any atom is 0.131 e. The van der Waals surface area contributed by atoms with Gasteiger partial charge in [-0.15, -0.1) is 0 Å². The van der Waals surface area contributed by atoms with E-state index in [1.54, 1.807) is 0 Å². The molecular weight excluding hydrogens is 266 g/mol. The molecule has 1 aliphatic rings. The van der Waals surface area contributed by atoms with Gasteiger partial charge in [-0.25, -0.2) is 4.98 Å². The summed E-state index contributed by atoms with van der Waals surface area (Å²) < 4.78 is 0. The molecule has 1 fully saturated rings. The lowest BCUT2D eigenvalue weighted by molar-refractivity contribution is 0.644. The Kier molecular flexibility index (Phi) is 5.73. The highest BCUT2D eigenvalue weighted by Crippen LogP contribution is 2.27. The molecule has 0 aliphatic carbocycles. The number of aromatic nitrogens is 1. The molecular formula is C16H27N3S. The number of aryl methyl sites for hydroxylation is 1. The maximum absolute atomic E-state index is 6.03. The monoisotopic (exact) mass is 293 g/mol. The fourth-order valence-electron chi connectivity index (χ4n) is 2.67. The summed E-state index contributed by atoms with van der Waals surface area (Å²) in [6.07, 6.45) is 5.20. The summed E-state index contributed by atoms with van der Waals surface area (Å²) in [6.45, 7) is 8.82. The fraction of sp³-hybridized carbons (Fsp3) is 0.688. The highest BCUT2D eigenvalue weighted by molar-refractivity contribution is 8.00. The predicted octanol–water partition coefficient (Wildman–Crippen LogP) is 3.00. The second-order valence-corrected chi connectivity index (χ2v) is 7.11. The summed E-state index contributed by atoms with van der Waals surface area (Å²) >= 11 is 2.10. The van der Waals surface area contributed by atoms with Crippen molar-refractivity contribution >= 4 is 17.6 Å². The summed E-state index contributed by atoms with van der Waals surface area (Å²) in [5.74, 6) is 2.37. The van der Waals surface area contributed by atoms with Gasteiger partial charge in [0.1, 0.15) is 5.82 Å². The van der Waals surface area contributed by atoms with Crippen molar-refractivity contribution in [2.24, 2.45) is 5.73 Å². The number of nitrogens with zero attached hydrogens (tertiary/aromatic N) is 2. The lowest BCUT2D eigenvalue weighted by atomic mass is 10.0. The molecule has 0 amide bonds. The third-order valence-corrected chi connectivity index (χ3v) is 5.40. The zero-order valence-corrected chi connectivity index (χ0v) is 13.7. The van der Waals surface area contributed by atoms with E-state index in [-0.39, 0.29) is 6.04 Å². The SMILES string of the molecule is CCC(N)Cc1cnc(N2CCSC(CC)C2)c(C)c1. The molecule has 1 aliphatic heterocycles. The first kappa shape index (κ1) is 15.6. The zero-order chi connectivity index (χ0) is 14.5. The van der Waals surface area contributed by atoms with Gasteiger partial charge >= 0.3 is 0 Å². The Bertz CT molecular complexity index is 436. The van der Waals surface area contributed by atoms with Crippen molar-refractivity contribution in [3.05, 3.63) is 23.4 Å². The van der Waals surface area contributed by atoms with Crippen molar-refractivity contribution in [2.45, 2.75) is 51.3 Å². The molecule has 2 rings (SSSR count). The topological polar surface area (TPSA) is 42.1 Å². The van der Waals surface area contributed by atoms with Crippen LogP contribution >= 0.6 is 11.8 Å². The van der Waals surface area contributed by atoms with Gasteiger partial charge in [0.15, 0.2) is 0 Å². The number of hydrogen-bond donors (Lipinski definition) is 1. The fourth-order valence-corrected chi connectivity index (χ4v) is 3.85. The van der Waals surface area contributed by atoms with Crippen LogP contribution in [0.15, 0.2) is 12.3 Å². The minimum Gasteiger partial charge on any atom is -0.354 e. The number of pyridine rings is 1. The molecule has 0 saturated carbocycles. The van der Waals surface area contributed by atoms with E-state index in [1.165, 1.54) is 23.3 Å². The van der Waals surface area contributed by atoms with Gasteiger partial charge < -0.3 is 10.6 Å². The van der Waals surface area contributed by atoms with E-state index in [4.69, 9.17) is 10.7 Å². The minimum atomic E-state index is 0.248. The van der Waals surface area contributed by atoms with Crippen molar-refractivity contribution in [1.82, 2.24) is 4.98 Å². The third kappa shape index (κ3) is 3.89. The quantitative estimate of drug-likeness (QED) is 0.906. The van der Waals surface area contributed by atoms with Crippen LogP contribution in [0, 0.1) is 6.92 Å². The van der Waals surface area contributed by atoms with Crippen molar-refractivity contribution in [3.63, 3.8) is 0 Å². The average Bonchev–Trinajstić information content (AvgIpc) is 2.47. The highest BCUT2D eigenvalue weighted by Gasteiger charge is 2.21. The van der Waals surface area contributed by atoms with Crippen molar-refractivity contribution in [1.29, 1.82) is 0 Å². The summed E-state index contributed by atoms with van der Waals surface area (Å²) in [5, 5.41) is 0.748. The summed E-state index contributed by atoms with van der Waals surface area (Å²) in [7, 11) is 0. The minimum absolute atomic E-state index is 0.248. The van der Waals surface area contributed by atoms with Gasteiger partial charge in [-0.05, 0) is 37.3 Å². The van der Waals surface area contributed by atoms with E-state index in [9.17, 15) is 0 Å².